The van der Waals surface area contributed by atoms with Crippen LogP contribution >= 0.6 is 22.7 Å². The molecule has 8 nitrogen and oxygen atoms in total. The van der Waals surface area contributed by atoms with Gasteiger partial charge in [0.1, 0.15) is 11.7 Å². The van der Waals surface area contributed by atoms with Crippen LogP contribution in [0.1, 0.15) is 5.56 Å². The van der Waals surface area contributed by atoms with Crippen molar-refractivity contribution in [2.75, 3.05) is 11.6 Å². The lowest BCUT2D eigenvalue weighted by Crippen LogP contribution is -2.23. The summed E-state index contributed by atoms with van der Waals surface area (Å²) in [4.78, 5) is 13.4. The van der Waals surface area contributed by atoms with Gasteiger partial charge in [-0.2, -0.15) is 13.7 Å². The van der Waals surface area contributed by atoms with Crippen LogP contribution in [0.15, 0.2) is 41.8 Å². The fraction of sp³-hybridized carbons (Fsp3) is 0.176. The molecular weight excluding hydrogens is 420 g/mol. The summed E-state index contributed by atoms with van der Waals surface area (Å²) in [7, 11) is -3.61. The minimum atomic E-state index is -3.61. The van der Waals surface area contributed by atoms with Gasteiger partial charge in [0.15, 0.2) is 5.01 Å². The Balaban J connectivity index is 1.63. The molecule has 11 heteroatoms. The second-order valence-electron chi connectivity index (χ2n) is 5.70. The van der Waals surface area contributed by atoms with Crippen molar-refractivity contribution in [2.24, 2.45) is 5.92 Å². The zero-order chi connectivity index (χ0) is 20.1. The number of hydrogen-bond acceptors (Lipinski definition) is 9. The highest BCUT2D eigenvalue weighted by atomic mass is 32.2. The Morgan fingerprint density at radius 1 is 1.29 bits per heavy atom. The van der Waals surface area contributed by atoms with Crippen LogP contribution in [0.25, 0.3) is 9.88 Å². The summed E-state index contributed by atoms with van der Waals surface area (Å²) in [6.45, 7) is 0. The first-order chi connectivity index (χ1) is 13.3. The highest BCUT2D eigenvalue weighted by molar-refractivity contribution is 7.86. The van der Waals surface area contributed by atoms with E-state index in [9.17, 15) is 18.5 Å². The van der Waals surface area contributed by atoms with Crippen molar-refractivity contribution in [3.63, 3.8) is 0 Å². The number of benzene rings is 1. The van der Waals surface area contributed by atoms with Crippen molar-refractivity contribution in [1.82, 2.24) is 10.2 Å². The van der Waals surface area contributed by atoms with Gasteiger partial charge in [0.25, 0.3) is 0 Å². The molecule has 1 aromatic carbocycles. The normalized spacial score (nSPS) is 12.1. The van der Waals surface area contributed by atoms with Crippen LogP contribution in [0.4, 0.5) is 5.13 Å². The van der Waals surface area contributed by atoms with Crippen molar-refractivity contribution in [3.8, 4) is 21.7 Å². The third kappa shape index (κ3) is 5.35. The van der Waals surface area contributed by atoms with Gasteiger partial charge in [-0.25, -0.2) is 0 Å². The number of amides is 1. The predicted octanol–water partition coefficient (Wildman–Crippen LogP) is 2.93. The maximum atomic E-state index is 12.4. The average molecular weight is 435 g/mol. The molecule has 1 unspecified atom stereocenters. The summed E-state index contributed by atoms with van der Waals surface area (Å²) < 4.78 is 27.0. The second kappa shape index (κ2) is 8.47. The summed E-state index contributed by atoms with van der Waals surface area (Å²) in [5.74, 6) is -1.25. The van der Waals surface area contributed by atoms with Gasteiger partial charge >= 0.3 is 10.1 Å². The predicted molar refractivity (Wildman–Crippen MR) is 107 cm³/mol. The summed E-state index contributed by atoms with van der Waals surface area (Å²) >= 11 is 2.75. The molecule has 0 saturated heterocycles. The van der Waals surface area contributed by atoms with E-state index in [1.165, 1.54) is 34.8 Å². The molecule has 1 N–H and O–H groups in total. The average Bonchev–Trinajstić information content (AvgIpc) is 3.31. The molecule has 3 aromatic rings. The van der Waals surface area contributed by atoms with E-state index >= 15 is 0 Å². The summed E-state index contributed by atoms with van der Waals surface area (Å²) in [6, 6.07) is 12.0. The fourth-order valence-electron chi connectivity index (χ4n) is 2.25. The maximum Gasteiger partial charge on any atom is 0.306 e. The van der Waals surface area contributed by atoms with Gasteiger partial charge in [0.2, 0.25) is 11.0 Å². The van der Waals surface area contributed by atoms with Gasteiger partial charge < -0.3 is 4.18 Å². The van der Waals surface area contributed by atoms with E-state index in [0.29, 0.717) is 15.7 Å². The Morgan fingerprint density at radius 3 is 2.64 bits per heavy atom. The Labute approximate surface area is 169 Å². The molecule has 0 aliphatic rings. The van der Waals surface area contributed by atoms with Gasteiger partial charge in [-0.05, 0) is 35.6 Å². The van der Waals surface area contributed by atoms with Gasteiger partial charge in [-0.1, -0.05) is 29.5 Å². The molecule has 0 aliphatic carbocycles. The number of aromatic nitrogens is 2. The molecule has 3 rings (SSSR count). The first kappa shape index (κ1) is 19.9. The van der Waals surface area contributed by atoms with E-state index < -0.39 is 21.9 Å². The van der Waals surface area contributed by atoms with E-state index in [-0.39, 0.29) is 12.2 Å². The van der Waals surface area contributed by atoms with E-state index in [1.54, 1.807) is 12.1 Å². The maximum absolute atomic E-state index is 12.4. The Kier molecular flexibility index (Phi) is 6.03. The number of nitrogens with zero attached hydrogens (tertiary/aromatic N) is 3. The number of thiophene rings is 1. The molecule has 1 atom stereocenters. The smallest absolute Gasteiger partial charge is 0.306 e. The Morgan fingerprint density at radius 2 is 2.04 bits per heavy atom. The topological polar surface area (TPSA) is 122 Å². The quantitative estimate of drug-likeness (QED) is 0.567. The highest BCUT2D eigenvalue weighted by Crippen LogP contribution is 2.30. The molecule has 28 heavy (non-hydrogen) atoms. The van der Waals surface area contributed by atoms with Crippen molar-refractivity contribution in [3.05, 3.63) is 47.3 Å². The van der Waals surface area contributed by atoms with Crippen molar-refractivity contribution in [2.45, 2.75) is 6.42 Å². The monoisotopic (exact) mass is 434 g/mol. The van der Waals surface area contributed by atoms with Crippen molar-refractivity contribution < 1.29 is 17.4 Å². The highest BCUT2D eigenvalue weighted by Gasteiger charge is 2.20. The number of carbonyl (C=O) groups excluding carboxylic acids is 1. The van der Waals surface area contributed by atoms with E-state index in [4.69, 9.17) is 4.18 Å². The van der Waals surface area contributed by atoms with Crippen LogP contribution in [0.2, 0.25) is 0 Å². The molecule has 0 aliphatic heterocycles. The molecule has 144 valence electrons. The standard InChI is InChI=1S/C17H14N4O4S3/c1-28(23,24)25-13-6-4-11(5-7-13)9-12(10-18)15(22)19-17-21-20-16(27-17)14-3-2-8-26-14/h2-8,12H,9H2,1H3,(H,19,21,22). The third-order valence-corrected chi connectivity index (χ3v) is 5.84. The molecular formula is C17H14N4O4S3. The van der Waals surface area contributed by atoms with Gasteiger partial charge in [-0.15, -0.1) is 21.5 Å². The first-order valence-corrected chi connectivity index (χ1v) is 11.4. The zero-order valence-electron chi connectivity index (χ0n) is 14.5. The lowest BCUT2D eigenvalue weighted by Gasteiger charge is -2.09. The van der Waals surface area contributed by atoms with Crippen LogP contribution < -0.4 is 9.50 Å². The zero-order valence-corrected chi connectivity index (χ0v) is 17.0. The summed E-state index contributed by atoms with van der Waals surface area (Å²) in [5.41, 5.74) is 0.694. The lowest BCUT2D eigenvalue weighted by atomic mass is 10.00. The number of hydrogen-bond donors (Lipinski definition) is 1. The Hall–Kier alpha value is -2.81. The molecule has 1 amide bonds. The summed E-state index contributed by atoms with van der Waals surface area (Å²) in [6.07, 6.45) is 1.12. The fourth-order valence-corrected chi connectivity index (χ4v) is 4.25. The van der Waals surface area contributed by atoms with Crippen LogP contribution in [0, 0.1) is 17.2 Å². The van der Waals surface area contributed by atoms with E-state index in [0.717, 1.165) is 11.1 Å². The minimum Gasteiger partial charge on any atom is -0.383 e. The van der Waals surface area contributed by atoms with Crippen molar-refractivity contribution in [1.29, 1.82) is 5.26 Å². The van der Waals surface area contributed by atoms with Crippen LogP contribution in [0.5, 0.6) is 5.75 Å². The number of rotatable bonds is 7. The third-order valence-electron chi connectivity index (χ3n) is 3.47. The molecule has 2 heterocycles. The minimum absolute atomic E-state index is 0.165. The van der Waals surface area contributed by atoms with Gasteiger partial charge in [-0.3, -0.25) is 10.1 Å². The number of anilines is 1. The largest absolute Gasteiger partial charge is 0.383 e. The molecule has 0 saturated carbocycles. The SMILES string of the molecule is CS(=O)(=O)Oc1ccc(CC(C#N)C(=O)Nc2nnc(-c3cccs3)s2)cc1. The molecule has 0 radical (unpaired) electrons. The van der Waals surface area contributed by atoms with Crippen LogP contribution in [-0.2, 0) is 21.3 Å². The van der Waals surface area contributed by atoms with E-state index in [1.807, 2.05) is 23.6 Å². The van der Waals surface area contributed by atoms with Crippen molar-refractivity contribution >= 4 is 43.8 Å². The molecule has 0 fully saturated rings. The van der Waals surface area contributed by atoms with Crippen LogP contribution in [-0.4, -0.2) is 30.8 Å². The van der Waals surface area contributed by atoms with Gasteiger partial charge in [0.05, 0.1) is 17.2 Å². The molecule has 0 spiro atoms. The number of carbonyl (C=O) groups is 1. The van der Waals surface area contributed by atoms with Gasteiger partial charge in [0, 0.05) is 0 Å². The first-order valence-electron chi connectivity index (χ1n) is 7.90. The number of nitrogens with one attached hydrogen (secondary N) is 1. The van der Waals surface area contributed by atoms with E-state index in [2.05, 4.69) is 15.5 Å². The lowest BCUT2D eigenvalue weighted by molar-refractivity contribution is -0.118. The number of nitriles is 1. The van der Waals surface area contributed by atoms with Crippen LogP contribution in [0.3, 0.4) is 0 Å². The second-order valence-corrected chi connectivity index (χ2v) is 9.20. The summed E-state index contributed by atoms with van der Waals surface area (Å²) in [5, 5.41) is 22.9. The molecule has 0 bridgehead atoms. The molecule has 2 aromatic heterocycles. The Bertz CT molecular complexity index is 1100.